The molecule has 0 unspecified atom stereocenters. The molecule has 3 rings (SSSR count). The number of carbonyl (C=O) groups excluding carboxylic acids is 1. The quantitative estimate of drug-likeness (QED) is 0.836. The van der Waals surface area contributed by atoms with Crippen LogP contribution in [0.15, 0.2) is 12.4 Å². The van der Waals surface area contributed by atoms with Gasteiger partial charge >= 0.3 is 6.01 Å². The van der Waals surface area contributed by atoms with Crippen molar-refractivity contribution in [1.82, 2.24) is 25.1 Å². The summed E-state index contributed by atoms with van der Waals surface area (Å²) >= 11 is 0. The molecule has 7 nitrogen and oxygen atoms in total. The zero-order valence-electron chi connectivity index (χ0n) is 13.0. The molecule has 1 atom stereocenters. The van der Waals surface area contributed by atoms with Gasteiger partial charge in [0, 0.05) is 57.2 Å². The van der Waals surface area contributed by atoms with Gasteiger partial charge in [0.2, 0.25) is 5.91 Å². The Bertz CT molecular complexity index is 501. The Morgan fingerprint density at radius 1 is 1.32 bits per heavy atom. The van der Waals surface area contributed by atoms with Crippen LogP contribution in [0, 0.1) is 0 Å². The lowest BCUT2D eigenvalue weighted by atomic mass is 10.1. The number of aromatic nitrogens is 2. The monoisotopic (exact) mass is 305 g/mol. The molecular formula is C15H23N5O2. The van der Waals surface area contributed by atoms with Gasteiger partial charge in [0.1, 0.15) is 0 Å². The fourth-order valence-electron chi connectivity index (χ4n) is 3.07. The van der Waals surface area contributed by atoms with Crippen LogP contribution >= 0.6 is 0 Å². The maximum Gasteiger partial charge on any atom is 0.316 e. The average Bonchev–Trinajstić information content (AvgIpc) is 3.09. The smallest absolute Gasteiger partial charge is 0.316 e. The topological polar surface area (TPSA) is 70.6 Å². The van der Waals surface area contributed by atoms with E-state index in [9.17, 15) is 4.79 Å². The van der Waals surface area contributed by atoms with Crippen molar-refractivity contribution in [2.24, 2.45) is 0 Å². The zero-order chi connectivity index (χ0) is 15.4. The van der Waals surface area contributed by atoms with Crippen molar-refractivity contribution in [3.8, 4) is 6.01 Å². The van der Waals surface area contributed by atoms with Crippen molar-refractivity contribution in [2.45, 2.75) is 25.4 Å². The van der Waals surface area contributed by atoms with Gasteiger partial charge < -0.3 is 15.0 Å². The maximum atomic E-state index is 12.5. The predicted molar refractivity (Wildman–Crippen MR) is 81.5 cm³/mol. The van der Waals surface area contributed by atoms with Crippen LogP contribution in [-0.2, 0) is 11.3 Å². The van der Waals surface area contributed by atoms with Gasteiger partial charge in [0.05, 0.1) is 13.2 Å². The van der Waals surface area contributed by atoms with Crippen molar-refractivity contribution in [2.75, 3.05) is 39.8 Å². The van der Waals surface area contributed by atoms with Crippen molar-refractivity contribution in [3.63, 3.8) is 0 Å². The minimum absolute atomic E-state index is 0.0917. The fraction of sp³-hybridized carbons (Fsp3) is 0.667. The number of ether oxygens (including phenoxy) is 1. The molecule has 1 amide bonds. The summed E-state index contributed by atoms with van der Waals surface area (Å²) in [6.07, 6.45) is 5.83. The van der Waals surface area contributed by atoms with Crippen LogP contribution in [-0.4, -0.2) is 71.6 Å². The summed E-state index contributed by atoms with van der Waals surface area (Å²) in [6.45, 7) is 5.07. The first-order valence-corrected chi connectivity index (χ1v) is 7.85. The fourth-order valence-corrected chi connectivity index (χ4v) is 3.07. The molecule has 1 aromatic rings. The molecule has 22 heavy (non-hydrogen) atoms. The Balaban J connectivity index is 1.56. The summed E-state index contributed by atoms with van der Waals surface area (Å²) in [5.41, 5.74) is 1.04. The third-order valence-corrected chi connectivity index (χ3v) is 4.25. The molecule has 2 aliphatic heterocycles. The summed E-state index contributed by atoms with van der Waals surface area (Å²) in [5.74, 6) is 0.244. The Kier molecular flexibility index (Phi) is 4.84. The largest absolute Gasteiger partial charge is 0.467 e. The first kappa shape index (κ1) is 15.2. The number of amides is 1. The second kappa shape index (κ2) is 7.02. The number of rotatable bonds is 4. The van der Waals surface area contributed by atoms with E-state index in [0.717, 1.165) is 57.7 Å². The summed E-state index contributed by atoms with van der Waals surface area (Å²) in [7, 11) is 1.56. The highest BCUT2D eigenvalue weighted by Crippen LogP contribution is 2.13. The van der Waals surface area contributed by atoms with Gasteiger partial charge in [-0.3, -0.25) is 9.69 Å². The van der Waals surface area contributed by atoms with E-state index in [1.54, 1.807) is 19.5 Å². The van der Waals surface area contributed by atoms with E-state index in [0.29, 0.717) is 6.01 Å². The van der Waals surface area contributed by atoms with E-state index >= 15 is 0 Å². The molecule has 3 heterocycles. The standard InChI is InChI=1S/C15H23N5O2/c1-22-15-17-8-12(9-18-15)10-19-7-4-16-13(11-19)14(21)20-5-2-3-6-20/h8-9,13,16H,2-7,10-11H2,1H3/t13-/m0/s1. The molecule has 2 saturated heterocycles. The first-order valence-electron chi connectivity index (χ1n) is 7.85. The van der Waals surface area contributed by atoms with E-state index in [2.05, 4.69) is 20.2 Å². The van der Waals surface area contributed by atoms with Crippen molar-refractivity contribution in [3.05, 3.63) is 18.0 Å². The second-order valence-electron chi connectivity index (χ2n) is 5.85. The number of methoxy groups -OCH3 is 1. The predicted octanol–water partition coefficient (Wildman–Crippen LogP) is -0.119. The van der Waals surface area contributed by atoms with Gasteiger partial charge in [-0.25, -0.2) is 9.97 Å². The Morgan fingerprint density at radius 2 is 2.05 bits per heavy atom. The molecule has 0 aliphatic carbocycles. The van der Waals surface area contributed by atoms with Gasteiger partial charge in [-0.15, -0.1) is 0 Å². The van der Waals surface area contributed by atoms with Crippen LogP contribution in [0.1, 0.15) is 18.4 Å². The average molecular weight is 305 g/mol. The molecule has 2 fully saturated rings. The summed E-state index contributed by atoms with van der Waals surface area (Å²) < 4.78 is 4.97. The van der Waals surface area contributed by atoms with E-state index in [4.69, 9.17) is 4.74 Å². The van der Waals surface area contributed by atoms with Gasteiger partial charge in [0.25, 0.3) is 0 Å². The van der Waals surface area contributed by atoms with Gasteiger partial charge in [-0.05, 0) is 12.8 Å². The molecule has 1 N–H and O–H groups in total. The lowest BCUT2D eigenvalue weighted by Crippen LogP contribution is -2.57. The molecule has 0 spiro atoms. The molecular weight excluding hydrogens is 282 g/mol. The lowest BCUT2D eigenvalue weighted by molar-refractivity contribution is -0.133. The highest BCUT2D eigenvalue weighted by atomic mass is 16.5. The third kappa shape index (κ3) is 3.53. The third-order valence-electron chi connectivity index (χ3n) is 4.25. The first-order chi connectivity index (χ1) is 10.8. The van der Waals surface area contributed by atoms with Crippen LogP contribution in [0.5, 0.6) is 6.01 Å². The molecule has 2 aliphatic rings. The van der Waals surface area contributed by atoms with Crippen LogP contribution < -0.4 is 10.1 Å². The SMILES string of the molecule is COc1ncc(CN2CCN[C@H](C(=O)N3CCCC3)C2)cn1. The van der Waals surface area contributed by atoms with Gasteiger partial charge in [-0.1, -0.05) is 0 Å². The van der Waals surface area contributed by atoms with E-state index in [-0.39, 0.29) is 11.9 Å². The number of nitrogens with zero attached hydrogens (tertiary/aromatic N) is 4. The number of nitrogens with one attached hydrogen (secondary N) is 1. The van der Waals surface area contributed by atoms with Crippen molar-refractivity contribution < 1.29 is 9.53 Å². The van der Waals surface area contributed by atoms with Gasteiger partial charge in [0.15, 0.2) is 0 Å². The number of carbonyl (C=O) groups is 1. The Labute approximate surface area is 130 Å². The minimum atomic E-state index is -0.0917. The highest BCUT2D eigenvalue weighted by Gasteiger charge is 2.30. The van der Waals surface area contributed by atoms with E-state index in [1.165, 1.54) is 0 Å². The maximum absolute atomic E-state index is 12.5. The molecule has 7 heteroatoms. The zero-order valence-corrected chi connectivity index (χ0v) is 13.0. The number of hydrogen-bond donors (Lipinski definition) is 1. The molecule has 0 bridgehead atoms. The van der Waals surface area contributed by atoms with Crippen LogP contribution in [0.4, 0.5) is 0 Å². The number of piperazine rings is 1. The van der Waals surface area contributed by atoms with Crippen molar-refractivity contribution in [1.29, 1.82) is 0 Å². The van der Waals surface area contributed by atoms with Crippen LogP contribution in [0.2, 0.25) is 0 Å². The number of hydrogen-bond acceptors (Lipinski definition) is 6. The van der Waals surface area contributed by atoms with Crippen LogP contribution in [0.3, 0.4) is 0 Å². The molecule has 0 aromatic carbocycles. The summed E-state index contributed by atoms with van der Waals surface area (Å²) in [6, 6.07) is 0.289. The molecule has 1 aromatic heterocycles. The molecule has 0 radical (unpaired) electrons. The van der Waals surface area contributed by atoms with E-state index < -0.39 is 0 Å². The normalized spacial score (nSPS) is 22.8. The Hall–Kier alpha value is -1.73. The van der Waals surface area contributed by atoms with Crippen LogP contribution in [0.25, 0.3) is 0 Å². The second-order valence-corrected chi connectivity index (χ2v) is 5.85. The minimum Gasteiger partial charge on any atom is -0.467 e. The number of likely N-dealkylation sites (tertiary alicyclic amines) is 1. The summed E-state index contributed by atoms with van der Waals surface area (Å²) in [4.78, 5) is 25.0. The van der Waals surface area contributed by atoms with Gasteiger partial charge in [-0.2, -0.15) is 0 Å². The highest BCUT2D eigenvalue weighted by molar-refractivity contribution is 5.82. The van der Waals surface area contributed by atoms with Crippen molar-refractivity contribution >= 4 is 5.91 Å². The lowest BCUT2D eigenvalue weighted by Gasteiger charge is -2.34. The molecule has 120 valence electrons. The van der Waals surface area contributed by atoms with E-state index in [1.807, 2.05) is 4.90 Å². The molecule has 0 saturated carbocycles. The summed E-state index contributed by atoms with van der Waals surface area (Å²) in [5, 5.41) is 3.35. The Morgan fingerprint density at radius 3 is 2.73 bits per heavy atom.